The fraction of sp³-hybridized carbons (Fsp3) is 0.429. The van der Waals surface area contributed by atoms with Crippen LogP contribution in [0.3, 0.4) is 0 Å². The summed E-state index contributed by atoms with van der Waals surface area (Å²) < 4.78 is 11.4. The summed E-state index contributed by atoms with van der Waals surface area (Å²) in [6, 6.07) is 16.5. The van der Waals surface area contributed by atoms with Gasteiger partial charge in [0.05, 0.1) is 6.10 Å². The Hall–Kier alpha value is -2.00. The maximum absolute atomic E-state index is 10.7. The molecule has 0 amide bonds. The highest BCUT2D eigenvalue weighted by Gasteiger charge is 2.28. The molecular weight excluding hydrogens is 300 g/mol. The Bertz CT molecular complexity index is 673. The van der Waals surface area contributed by atoms with Crippen molar-refractivity contribution in [2.24, 2.45) is 5.41 Å². The summed E-state index contributed by atoms with van der Waals surface area (Å²) in [4.78, 5) is 0. The number of aliphatic hydroxyl groups is 1. The predicted octanol–water partition coefficient (Wildman–Crippen LogP) is 4.39. The minimum absolute atomic E-state index is 0.122. The SMILES string of the molecule is CC(C)(C)C(O)CC(c1ccccc1)c1ccc2c(c1)OCCO2. The van der Waals surface area contributed by atoms with E-state index in [-0.39, 0.29) is 11.3 Å². The van der Waals surface area contributed by atoms with Crippen LogP contribution >= 0.6 is 0 Å². The van der Waals surface area contributed by atoms with Gasteiger partial charge in [-0.15, -0.1) is 0 Å². The molecule has 2 atom stereocenters. The molecule has 0 saturated carbocycles. The fourth-order valence-electron chi connectivity index (χ4n) is 3.00. The quantitative estimate of drug-likeness (QED) is 0.906. The third-order valence-electron chi connectivity index (χ3n) is 4.63. The second-order valence-electron chi connectivity index (χ2n) is 7.48. The Kier molecular flexibility index (Phi) is 4.81. The third-order valence-corrected chi connectivity index (χ3v) is 4.63. The zero-order chi connectivity index (χ0) is 17.2. The first-order chi connectivity index (χ1) is 11.4. The Labute approximate surface area is 144 Å². The van der Waals surface area contributed by atoms with E-state index in [4.69, 9.17) is 9.47 Å². The largest absolute Gasteiger partial charge is 0.486 e. The van der Waals surface area contributed by atoms with E-state index >= 15 is 0 Å². The molecule has 3 nitrogen and oxygen atoms in total. The average Bonchev–Trinajstić information content (AvgIpc) is 2.59. The molecule has 0 bridgehead atoms. The van der Waals surface area contributed by atoms with Crippen LogP contribution in [0.4, 0.5) is 0 Å². The van der Waals surface area contributed by atoms with Crippen molar-refractivity contribution in [3.63, 3.8) is 0 Å². The molecule has 0 spiro atoms. The number of hydrogen-bond donors (Lipinski definition) is 1. The molecule has 1 aliphatic heterocycles. The molecule has 2 aromatic carbocycles. The van der Waals surface area contributed by atoms with E-state index in [0.29, 0.717) is 19.6 Å². The summed E-state index contributed by atoms with van der Waals surface area (Å²) in [6.45, 7) is 7.39. The van der Waals surface area contributed by atoms with Gasteiger partial charge < -0.3 is 14.6 Å². The molecule has 0 fully saturated rings. The average molecular weight is 326 g/mol. The van der Waals surface area contributed by atoms with Crippen LogP contribution in [0.2, 0.25) is 0 Å². The molecule has 1 aliphatic rings. The van der Waals surface area contributed by atoms with Gasteiger partial charge in [-0.2, -0.15) is 0 Å². The topological polar surface area (TPSA) is 38.7 Å². The standard InChI is InChI=1S/C21H26O3/c1-21(2,3)20(22)14-17(15-7-5-4-6-8-15)16-9-10-18-19(13-16)24-12-11-23-18/h4-10,13,17,20,22H,11-12,14H2,1-3H3. The number of rotatable bonds is 4. The van der Waals surface area contributed by atoms with Crippen molar-refractivity contribution in [2.45, 2.75) is 39.2 Å². The van der Waals surface area contributed by atoms with Crippen LogP contribution in [0.25, 0.3) is 0 Å². The second-order valence-corrected chi connectivity index (χ2v) is 7.48. The van der Waals surface area contributed by atoms with Crippen molar-refractivity contribution >= 4 is 0 Å². The first-order valence-electron chi connectivity index (χ1n) is 8.58. The lowest BCUT2D eigenvalue weighted by Gasteiger charge is -2.30. The maximum Gasteiger partial charge on any atom is 0.161 e. The van der Waals surface area contributed by atoms with E-state index < -0.39 is 6.10 Å². The Morgan fingerprint density at radius 3 is 2.25 bits per heavy atom. The van der Waals surface area contributed by atoms with Gasteiger partial charge in [0, 0.05) is 5.92 Å². The lowest BCUT2D eigenvalue weighted by molar-refractivity contribution is 0.0521. The lowest BCUT2D eigenvalue weighted by Crippen LogP contribution is -2.28. The summed E-state index contributed by atoms with van der Waals surface area (Å²) in [5.41, 5.74) is 2.20. The smallest absolute Gasteiger partial charge is 0.161 e. The molecule has 0 saturated heterocycles. The van der Waals surface area contributed by atoms with Crippen molar-refractivity contribution in [3.05, 3.63) is 59.7 Å². The molecular formula is C21H26O3. The van der Waals surface area contributed by atoms with Gasteiger partial charge in [-0.05, 0) is 35.1 Å². The summed E-state index contributed by atoms with van der Waals surface area (Å²) in [6.07, 6.45) is 0.281. The highest BCUT2D eigenvalue weighted by atomic mass is 16.6. The van der Waals surface area contributed by atoms with Crippen LogP contribution < -0.4 is 9.47 Å². The minimum atomic E-state index is -0.393. The van der Waals surface area contributed by atoms with E-state index in [0.717, 1.165) is 17.1 Å². The third kappa shape index (κ3) is 3.73. The predicted molar refractivity (Wildman–Crippen MR) is 95.8 cm³/mol. The maximum atomic E-state index is 10.7. The normalized spacial score (nSPS) is 16.5. The van der Waals surface area contributed by atoms with E-state index in [1.165, 1.54) is 5.56 Å². The van der Waals surface area contributed by atoms with Crippen molar-refractivity contribution in [2.75, 3.05) is 13.2 Å². The van der Waals surface area contributed by atoms with Gasteiger partial charge in [-0.3, -0.25) is 0 Å². The van der Waals surface area contributed by atoms with Crippen LogP contribution in [-0.4, -0.2) is 24.4 Å². The molecule has 0 aliphatic carbocycles. The van der Waals surface area contributed by atoms with Gasteiger partial charge in [0.25, 0.3) is 0 Å². The summed E-state index contributed by atoms with van der Waals surface area (Å²) in [5, 5.41) is 10.7. The van der Waals surface area contributed by atoms with E-state index in [9.17, 15) is 5.11 Å². The Balaban J connectivity index is 1.95. The van der Waals surface area contributed by atoms with Crippen molar-refractivity contribution < 1.29 is 14.6 Å². The molecule has 128 valence electrons. The molecule has 3 rings (SSSR count). The van der Waals surface area contributed by atoms with Gasteiger partial charge in [0.2, 0.25) is 0 Å². The number of benzene rings is 2. The number of ether oxygens (including phenoxy) is 2. The van der Waals surface area contributed by atoms with E-state index in [1.54, 1.807) is 0 Å². The lowest BCUT2D eigenvalue weighted by atomic mass is 9.79. The van der Waals surface area contributed by atoms with Crippen LogP contribution in [-0.2, 0) is 0 Å². The fourth-order valence-corrected chi connectivity index (χ4v) is 3.00. The van der Waals surface area contributed by atoms with Crippen molar-refractivity contribution in [1.82, 2.24) is 0 Å². The Morgan fingerprint density at radius 2 is 1.58 bits per heavy atom. The van der Waals surface area contributed by atoms with Crippen LogP contribution in [0.5, 0.6) is 11.5 Å². The monoisotopic (exact) mass is 326 g/mol. The second kappa shape index (κ2) is 6.86. The Morgan fingerprint density at radius 1 is 0.917 bits per heavy atom. The molecule has 24 heavy (non-hydrogen) atoms. The van der Waals surface area contributed by atoms with Crippen LogP contribution in [0, 0.1) is 5.41 Å². The molecule has 3 heteroatoms. The van der Waals surface area contributed by atoms with Gasteiger partial charge in [0.1, 0.15) is 13.2 Å². The van der Waals surface area contributed by atoms with Gasteiger partial charge in [-0.1, -0.05) is 57.2 Å². The van der Waals surface area contributed by atoms with E-state index in [2.05, 4.69) is 45.0 Å². The van der Waals surface area contributed by atoms with Crippen LogP contribution in [0.15, 0.2) is 48.5 Å². The minimum Gasteiger partial charge on any atom is -0.486 e. The molecule has 2 unspecified atom stereocenters. The summed E-state index contributed by atoms with van der Waals surface area (Å²) in [5.74, 6) is 1.72. The summed E-state index contributed by atoms with van der Waals surface area (Å²) >= 11 is 0. The van der Waals surface area contributed by atoms with Crippen LogP contribution in [0.1, 0.15) is 44.2 Å². The molecule has 2 aromatic rings. The van der Waals surface area contributed by atoms with E-state index in [1.807, 2.05) is 24.3 Å². The number of hydrogen-bond acceptors (Lipinski definition) is 3. The molecule has 0 aromatic heterocycles. The molecule has 0 radical (unpaired) electrons. The number of fused-ring (bicyclic) bond motifs is 1. The highest BCUT2D eigenvalue weighted by Crippen LogP contribution is 2.38. The summed E-state index contributed by atoms with van der Waals surface area (Å²) in [7, 11) is 0. The first-order valence-corrected chi connectivity index (χ1v) is 8.58. The van der Waals surface area contributed by atoms with Gasteiger partial charge >= 0.3 is 0 Å². The number of aliphatic hydroxyl groups excluding tert-OH is 1. The first kappa shape index (κ1) is 16.8. The van der Waals surface area contributed by atoms with Crippen molar-refractivity contribution in [3.8, 4) is 11.5 Å². The molecule has 1 heterocycles. The highest BCUT2D eigenvalue weighted by molar-refractivity contribution is 5.46. The van der Waals surface area contributed by atoms with Gasteiger partial charge in [0.15, 0.2) is 11.5 Å². The van der Waals surface area contributed by atoms with Gasteiger partial charge in [-0.25, -0.2) is 0 Å². The van der Waals surface area contributed by atoms with Crippen molar-refractivity contribution in [1.29, 1.82) is 0 Å². The zero-order valence-corrected chi connectivity index (χ0v) is 14.7. The molecule has 1 N–H and O–H groups in total. The zero-order valence-electron chi connectivity index (χ0n) is 14.7.